The number of urea groups is 1. The fourth-order valence-corrected chi connectivity index (χ4v) is 3.37. The number of hydrogen-bond donors (Lipinski definition) is 2. The second kappa shape index (κ2) is 7.82. The summed E-state index contributed by atoms with van der Waals surface area (Å²) in [4.78, 5) is 16.2. The molecule has 1 aromatic heterocycles. The number of hydrogen-bond acceptors (Lipinski definition) is 6. The van der Waals surface area contributed by atoms with Crippen LogP contribution in [0.15, 0.2) is 36.5 Å². The second-order valence-corrected chi connectivity index (χ2v) is 7.25. The molecule has 0 radical (unpaired) electrons. The Hall–Kier alpha value is -3.75. The minimum atomic E-state index is -0.606. The summed E-state index contributed by atoms with van der Waals surface area (Å²) >= 11 is 0. The molecular formula is C22H20FN3O5. The Labute approximate surface area is 177 Å². The van der Waals surface area contributed by atoms with Gasteiger partial charge in [-0.15, -0.1) is 0 Å². The number of fused-ring (bicyclic) bond motifs is 3. The van der Waals surface area contributed by atoms with Crippen molar-refractivity contribution in [1.29, 1.82) is 0 Å². The summed E-state index contributed by atoms with van der Waals surface area (Å²) in [5.41, 5.74) is 0.665. The van der Waals surface area contributed by atoms with Gasteiger partial charge in [-0.1, -0.05) is 0 Å². The van der Waals surface area contributed by atoms with Gasteiger partial charge in [-0.25, -0.2) is 9.18 Å². The number of aromatic nitrogens is 1. The first-order valence-corrected chi connectivity index (χ1v) is 9.92. The lowest BCUT2D eigenvalue weighted by molar-refractivity contribution is 0.167. The molecule has 1 aliphatic carbocycles. The molecule has 3 aromatic rings. The zero-order chi connectivity index (χ0) is 21.4. The Morgan fingerprint density at radius 2 is 1.94 bits per heavy atom. The zero-order valence-electron chi connectivity index (χ0n) is 16.7. The first-order chi connectivity index (χ1) is 15.1. The molecule has 2 aliphatic rings. The van der Waals surface area contributed by atoms with Crippen LogP contribution in [0.4, 0.5) is 14.9 Å². The van der Waals surface area contributed by atoms with E-state index in [9.17, 15) is 9.18 Å². The number of carbonyl (C=O) groups excluding carboxylic acids is 1. The molecule has 2 N–H and O–H groups in total. The highest BCUT2D eigenvalue weighted by molar-refractivity contribution is 5.95. The monoisotopic (exact) mass is 425 g/mol. The van der Waals surface area contributed by atoms with E-state index >= 15 is 0 Å². The van der Waals surface area contributed by atoms with E-state index in [1.54, 1.807) is 31.5 Å². The van der Waals surface area contributed by atoms with Crippen molar-refractivity contribution in [3.8, 4) is 28.7 Å². The third kappa shape index (κ3) is 3.86. The van der Waals surface area contributed by atoms with E-state index in [0.717, 1.165) is 12.8 Å². The van der Waals surface area contributed by atoms with Crippen LogP contribution in [0.25, 0.3) is 10.9 Å². The third-order valence-corrected chi connectivity index (χ3v) is 4.99. The van der Waals surface area contributed by atoms with Gasteiger partial charge in [0.25, 0.3) is 0 Å². The molecule has 2 aromatic carbocycles. The van der Waals surface area contributed by atoms with Crippen LogP contribution >= 0.6 is 0 Å². The average Bonchev–Trinajstić information content (AvgIpc) is 3.59. The number of amides is 2. The lowest BCUT2D eigenvalue weighted by Gasteiger charge is -2.23. The molecule has 1 fully saturated rings. The van der Waals surface area contributed by atoms with Crippen molar-refractivity contribution in [1.82, 2.24) is 10.3 Å². The second-order valence-electron chi connectivity index (χ2n) is 7.25. The van der Waals surface area contributed by atoms with Gasteiger partial charge < -0.3 is 29.6 Å². The Kier molecular flexibility index (Phi) is 4.85. The van der Waals surface area contributed by atoms with Crippen LogP contribution in [-0.2, 0) is 0 Å². The highest BCUT2D eigenvalue weighted by atomic mass is 19.1. The van der Waals surface area contributed by atoms with Crippen LogP contribution in [0, 0.1) is 5.82 Å². The van der Waals surface area contributed by atoms with E-state index in [4.69, 9.17) is 18.9 Å². The van der Waals surface area contributed by atoms with Gasteiger partial charge in [-0.3, -0.25) is 4.98 Å². The van der Waals surface area contributed by atoms with Gasteiger partial charge in [0.1, 0.15) is 30.5 Å². The summed E-state index contributed by atoms with van der Waals surface area (Å²) < 4.78 is 37.5. The molecular weight excluding hydrogens is 405 g/mol. The van der Waals surface area contributed by atoms with Gasteiger partial charge in [-0.05, 0) is 31.0 Å². The Balaban J connectivity index is 1.45. The van der Waals surface area contributed by atoms with E-state index < -0.39 is 11.8 Å². The number of benzene rings is 2. The number of ether oxygens (including phenoxy) is 4. The van der Waals surface area contributed by atoms with Crippen LogP contribution in [0.5, 0.6) is 28.7 Å². The molecule has 160 valence electrons. The van der Waals surface area contributed by atoms with E-state index in [1.807, 2.05) is 0 Å². The van der Waals surface area contributed by atoms with Crippen molar-refractivity contribution in [3.05, 3.63) is 42.3 Å². The van der Waals surface area contributed by atoms with Gasteiger partial charge in [0.2, 0.25) is 5.75 Å². The SMILES string of the molecule is COc1cc2nccc(Oc3ccc(NC(=O)NC4CC4)c(F)c3)c2c2c1OCCO2. The van der Waals surface area contributed by atoms with Crippen LogP contribution in [-0.4, -0.2) is 37.4 Å². The molecule has 0 unspecified atom stereocenters. The highest BCUT2D eigenvalue weighted by Crippen LogP contribution is 2.48. The average molecular weight is 425 g/mol. The van der Waals surface area contributed by atoms with Crippen LogP contribution in [0.3, 0.4) is 0 Å². The van der Waals surface area contributed by atoms with Crippen molar-refractivity contribution in [3.63, 3.8) is 0 Å². The Bertz CT molecular complexity index is 1170. The standard InChI is InChI=1S/C22H20FN3O5/c1-28-18-11-16-19(21-20(18)29-8-9-30-21)17(6-7-24-16)31-13-4-5-15(14(23)10-13)26-22(27)25-12-2-3-12/h4-7,10-12H,2-3,8-9H2,1H3,(H2,25,26,27). The molecule has 8 nitrogen and oxygen atoms in total. The molecule has 5 rings (SSSR count). The fourth-order valence-electron chi connectivity index (χ4n) is 3.37. The number of carbonyl (C=O) groups is 1. The van der Waals surface area contributed by atoms with Gasteiger partial charge in [-0.2, -0.15) is 0 Å². The van der Waals surface area contributed by atoms with Crippen molar-refractivity contribution in [2.45, 2.75) is 18.9 Å². The van der Waals surface area contributed by atoms with Gasteiger partial charge >= 0.3 is 6.03 Å². The molecule has 0 spiro atoms. The largest absolute Gasteiger partial charge is 0.493 e. The Morgan fingerprint density at radius 3 is 2.68 bits per heavy atom. The van der Waals surface area contributed by atoms with Gasteiger partial charge in [0, 0.05) is 24.4 Å². The summed E-state index contributed by atoms with van der Waals surface area (Å²) in [6, 6.07) is 7.41. The normalized spacial score (nSPS) is 14.8. The van der Waals surface area contributed by atoms with E-state index in [-0.39, 0.29) is 17.5 Å². The number of halogens is 1. The van der Waals surface area contributed by atoms with Crippen LogP contribution < -0.4 is 29.6 Å². The van der Waals surface area contributed by atoms with Crippen LogP contribution in [0.1, 0.15) is 12.8 Å². The number of rotatable bonds is 5. The molecule has 31 heavy (non-hydrogen) atoms. The number of nitrogens with one attached hydrogen (secondary N) is 2. The predicted molar refractivity (Wildman–Crippen MR) is 111 cm³/mol. The fraction of sp³-hybridized carbons (Fsp3) is 0.273. The summed E-state index contributed by atoms with van der Waals surface area (Å²) in [7, 11) is 1.54. The first-order valence-electron chi connectivity index (χ1n) is 9.92. The number of nitrogens with zero attached hydrogens (tertiary/aromatic N) is 1. The molecule has 2 amide bonds. The minimum absolute atomic E-state index is 0.0731. The number of pyridine rings is 1. The topological polar surface area (TPSA) is 90.9 Å². The highest BCUT2D eigenvalue weighted by Gasteiger charge is 2.25. The number of anilines is 1. The van der Waals surface area contributed by atoms with Crippen molar-refractivity contribution < 1.29 is 28.1 Å². The first kappa shape index (κ1) is 19.2. The molecule has 0 bridgehead atoms. The maximum Gasteiger partial charge on any atom is 0.319 e. The smallest absolute Gasteiger partial charge is 0.319 e. The van der Waals surface area contributed by atoms with Crippen LogP contribution in [0.2, 0.25) is 0 Å². The lowest BCUT2D eigenvalue weighted by Crippen LogP contribution is -2.30. The Morgan fingerprint density at radius 1 is 1.13 bits per heavy atom. The molecule has 1 saturated carbocycles. The lowest BCUT2D eigenvalue weighted by atomic mass is 10.1. The van der Waals surface area contributed by atoms with E-state index in [2.05, 4.69) is 15.6 Å². The summed E-state index contributed by atoms with van der Waals surface area (Å²) in [5, 5.41) is 5.87. The molecule has 9 heteroatoms. The zero-order valence-corrected chi connectivity index (χ0v) is 16.7. The van der Waals surface area contributed by atoms with Crippen molar-refractivity contribution in [2.75, 3.05) is 25.6 Å². The molecule has 2 heterocycles. The van der Waals surface area contributed by atoms with Gasteiger partial charge in [0.05, 0.1) is 23.7 Å². The maximum atomic E-state index is 14.6. The van der Waals surface area contributed by atoms with Gasteiger partial charge in [0.15, 0.2) is 11.5 Å². The summed E-state index contributed by atoms with van der Waals surface area (Å²) in [6.45, 7) is 0.779. The number of methoxy groups -OCH3 is 1. The van der Waals surface area contributed by atoms with E-state index in [1.165, 1.54) is 12.1 Å². The summed E-state index contributed by atoms with van der Waals surface area (Å²) in [5.74, 6) is 1.55. The van der Waals surface area contributed by atoms with E-state index in [0.29, 0.717) is 47.1 Å². The van der Waals surface area contributed by atoms with Crippen molar-refractivity contribution in [2.24, 2.45) is 0 Å². The molecule has 0 saturated heterocycles. The molecule has 1 aliphatic heterocycles. The third-order valence-electron chi connectivity index (χ3n) is 4.99. The predicted octanol–water partition coefficient (Wildman–Crippen LogP) is 4.23. The molecule has 0 atom stereocenters. The van der Waals surface area contributed by atoms with Crippen molar-refractivity contribution >= 4 is 22.6 Å². The quantitative estimate of drug-likeness (QED) is 0.636. The summed E-state index contributed by atoms with van der Waals surface area (Å²) in [6.07, 6.45) is 3.49. The minimum Gasteiger partial charge on any atom is -0.493 e. The maximum absolute atomic E-state index is 14.6.